The first kappa shape index (κ1) is 11.5. The lowest BCUT2D eigenvalue weighted by Crippen LogP contribution is -2.18. The van der Waals surface area contributed by atoms with Crippen LogP contribution in [0.1, 0.15) is 49.8 Å². The van der Waals surface area contributed by atoms with Gasteiger partial charge in [-0.3, -0.25) is 4.68 Å². The van der Waals surface area contributed by atoms with Gasteiger partial charge in [-0.1, -0.05) is 13.8 Å². The van der Waals surface area contributed by atoms with Gasteiger partial charge in [0.25, 0.3) is 0 Å². The lowest BCUT2D eigenvalue weighted by molar-refractivity contribution is 0.0835. The number of hydrogen-bond donors (Lipinski definition) is 1. The second-order valence-corrected chi connectivity index (χ2v) is 4.85. The van der Waals surface area contributed by atoms with Crippen LogP contribution in [0, 0.1) is 0 Å². The predicted octanol–water partition coefficient (Wildman–Crippen LogP) is 2.02. The molecule has 4 nitrogen and oxygen atoms in total. The van der Waals surface area contributed by atoms with Gasteiger partial charge in [-0.15, -0.1) is 0 Å². The van der Waals surface area contributed by atoms with E-state index in [1.807, 2.05) is 11.7 Å². The van der Waals surface area contributed by atoms with Crippen LogP contribution < -0.4 is 5.73 Å². The molecule has 0 amide bonds. The van der Waals surface area contributed by atoms with Crippen molar-refractivity contribution in [2.75, 3.05) is 18.9 Å². The van der Waals surface area contributed by atoms with Gasteiger partial charge in [0.1, 0.15) is 5.82 Å². The molecule has 1 aromatic heterocycles. The van der Waals surface area contributed by atoms with Crippen LogP contribution in [0.4, 0.5) is 5.82 Å². The predicted molar refractivity (Wildman–Crippen MR) is 64.5 cm³/mol. The molecule has 0 saturated carbocycles. The fourth-order valence-corrected chi connectivity index (χ4v) is 2.62. The van der Waals surface area contributed by atoms with Gasteiger partial charge in [0.15, 0.2) is 0 Å². The topological polar surface area (TPSA) is 53.1 Å². The lowest BCUT2D eigenvalue weighted by Gasteiger charge is -2.24. The molecule has 0 spiro atoms. The zero-order valence-corrected chi connectivity index (χ0v) is 10.4. The number of nitrogen functional groups attached to an aromatic ring is 1. The molecule has 0 bridgehead atoms. The maximum Gasteiger partial charge on any atom is 0.149 e. The summed E-state index contributed by atoms with van der Waals surface area (Å²) in [5.41, 5.74) is 8.53. The van der Waals surface area contributed by atoms with Crippen LogP contribution in [-0.2, 0) is 11.8 Å². The van der Waals surface area contributed by atoms with Crippen LogP contribution in [0.15, 0.2) is 0 Å². The van der Waals surface area contributed by atoms with Gasteiger partial charge in [-0.05, 0) is 18.8 Å². The highest BCUT2D eigenvalue weighted by Gasteiger charge is 2.25. The molecule has 2 N–H and O–H groups in total. The molecular formula is C12H21N3O. The quantitative estimate of drug-likeness (QED) is 0.834. The molecule has 1 aliphatic rings. The summed E-state index contributed by atoms with van der Waals surface area (Å²) in [6.45, 7) is 6.06. The molecular weight excluding hydrogens is 202 g/mol. The van der Waals surface area contributed by atoms with E-state index in [9.17, 15) is 0 Å². The highest BCUT2D eigenvalue weighted by Crippen LogP contribution is 2.35. The molecule has 0 radical (unpaired) electrons. The van der Waals surface area contributed by atoms with Crippen molar-refractivity contribution >= 4 is 5.82 Å². The van der Waals surface area contributed by atoms with E-state index in [1.54, 1.807) is 0 Å². The maximum absolute atomic E-state index is 5.99. The molecule has 0 unspecified atom stereocenters. The Labute approximate surface area is 96.8 Å². The molecule has 0 atom stereocenters. The third-order valence-corrected chi connectivity index (χ3v) is 3.34. The Kier molecular flexibility index (Phi) is 3.19. The van der Waals surface area contributed by atoms with Crippen LogP contribution in [-0.4, -0.2) is 23.0 Å². The smallest absolute Gasteiger partial charge is 0.149 e. The summed E-state index contributed by atoms with van der Waals surface area (Å²) in [4.78, 5) is 0. The molecule has 1 saturated heterocycles. The summed E-state index contributed by atoms with van der Waals surface area (Å²) in [6, 6.07) is 0. The van der Waals surface area contributed by atoms with Crippen LogP contribution in [0.2, 0.25) is 0 Å². The molecule has 1 fully saturated rings. The van der Waals surface area contributed by atoms with E-state index in [2.05, 4.69) is 18.9 Å². The summed E-state index contributed by atoms with van der Waals surface area (Å²) in [5.74, 6) is 1.69. The average molecular weight is 223 g/mol. The van der Waals surface area contributed by atoms with Crippen molar-refractivity contribution < 1.29 is 4.74 Å². The summed E-state index contributed by atoms with van der Waals surface area (Å²) in [6.07, 6.45) is 2.16. The number of nitrogens with two attached hydrogens (primary N) is 1. The first-order valence-corrected chi connectivity index (χ1v) is 6.01. The van der Waals surface area contributed by atoms with Gasteiger partial charge >= 0.3 is 0 Å². The number of aromatic nitrogens is 2. The minimum atomic E-state index is 0.437. The zero-order valence-electron chi connectivity index (χ0n) is 10.4. The summed E-state index contributed by atoms with van der Waals surface area (Å²) >= 11 is 0. The molecule has 0 aliphatic carbocycles. The van der Waals surface area contributed by atoms with E-state index in [-0.39, 0.29) is 0 Å². The molecule has 1 aromatic rings. The number of hydrogen-bond acceptors (Lipinski definition) is 3. The largest absolute Gasteiger partial charge is 0.382 e. The normalized spacial score (nSPS) is 18.2. The minimum absolute atomic E-state index is 0.437. The van der Waals surface area contributed by atoms with E-state index >= 15 is 0 Å². The SMILES string of the molecule is CC(C)c1c(N)nn(C)c1C1CCOCC1. The van der Waals surface area contributed by atoms with Crippen LogP contribution >= 0.6 is 0 Å². The molecule has 0 aromatic carbocycles. The zero-order chi connectivity index (χ0) is 11.7. The second-order valence-electron chi connectivity index (χ2n) is 4.85. The Bertz CT molecular complexity index is 365. The Balaban J connectivity index is 2.37. The van der Waals surface area contributed by atoms with E-state index in [1.165, 1.54) is 11.3 Å². The molecule has 90 valence electrons. The number of anilines is 1. The number of ether oxygens (including phenoxy) is 1. The molecule has 16 heavy (non-hydrogen) atoms. The number of nitrogens with zero attached hydrogens (tertiary/aromatic N) is 2. The Hall–Kier alpha value is -1.03. The Morgan fingerprint density at radius 1 is 1.38 bits per heavy atom. The third kappa shape index (κ3) is 1.94. The molecule has 2 heterocycles. The van der Waals surface area contributed by atoms with Crippen molar-refractivity contribution in [3.63, 3.8) is 0 Å². The van der Waals surface area contributed by atoms with Crippen molar-refractivity contribution in [1.29, 1.82) is 0 Å². The van der Waals surface area contributed by atoms with Gasteiger partial charge in [-0.2, -0.15) is 5.10 Å². The Morgan fingerprint density at radius 2 is 2.00 bits per heavy atom. The van der Waals surface area contributed by atoms with Gasteiger partial charge in [0, 0.05) is 37.4 Å². The highest BCUT2D eigenvalue weighted by atomic mass is 16.5. The van der Waals surface area contributed by atoms with Crippen molar-refractivity contribution in [2.45, 2.75) is 38.5 Å². The van der Waals surface area contributed by atoms with Crippen LogP contribution in [0.25, 0.3) is 0 Å². The minimum Gasteiger partial charge on any atom is -0.382 e. The van der Waals surface area contributed by atoms with Crippen molar-refractivity contribution in [3.05, 3.63) is 11.3 Å². The fourth-order valence-electron chi connectivity index (χ4n) is 2.62. The van der Waals surface area contributed by atoms with Crippen LogP contribution in [0.5, 0.6) is 0 Å². The Morgan fingerprint density at radius 3 is 2.56 bits per heavy atom. The second kappa shape index (κ2) is 4.45. The monoisotopic (exact) mass is 223 g/mol. The first-order valence-electron chi connectivity index (χ1n) is 6.01. The van der Waals surface area contributed by atoms with Gasteiger partial charge in [0.05, 0.1) is 0 Å². The molecule has 1 aliphatic heterocycles. The van der Waals surface area contributed by atoms with E-state index in [0.29, 0.717) is 17.7 Å². The molecule has 4 heteroatoms. The maximum atomic E-state index is 5.99. The summed E-state index contributed by atoms with van der Waals surface area (Å²) < 4.78 is 7.37. The third-order valence-electron chi connectivity index (χ3n) is 3.34. The van der Waals surface area contributed by atoms with E-state index < -0.39 is 0 Å². The van der Waals surface area contributed by atoms with Gasteiger partial charge < -0.3 is 10.5 Å². The average Bonchev–Trinajstić information content (AvgIpc) is 2.55. The fraction of sp³-hybridized carbons (Fsp3) is 0.750. The van der Waals surface area contributed by atoms with Crippen molar-refractivity contribution in [2.24, 2.45) is 7.05 Å². The lowest BCUT2D eigenvalue weighted by atomic mass is 9.89. The van der Waals surface area contributed by atoms with E-state index in [4.69, 9.17) is 10.5 Å². The number of rotatable bonds is 2. The van der Waals surface area contributed by atoms with Gasteiger partial charge in [-0.25, -0.2) is 0 Å². The standard InChI is InChI=1S/C12H21N3O/c1-8(2)10-11(15(3)14-12(10)13)9-4-6-16-7-5-9/h8-9H,4-7H2,1-3H3,(H2,13,14). The first-order chi connectivity index (χ1) is 7.61. The number of aryl methyl sites for hydroxylation is 1. The summed E-state index contributed by atoms with van der Waals surface area (Å²) in [7, 11) is 1.99. The highest BCUT2D eigenvalue weighted by molar-refractivity contribution is 5.46. The van der Waals surface area contributed by atoms with Gasteiger partial charge in [0.2, 0.25) is 0 Å². The van der Waals surface area contributed by atoms with Crippen molar-refractivity contribution in [1.82, 2.24) is 9.78 Å². The molecule has 2 rings (SSSR count). The van der Waals surface area contributed by atoms with Crippen LogP contribution in [0.3, 0.4) is 0 Å². The van der Waals surface area contributed by atoms with E-state index in [0.717, 1.165) is 26.1 Å². The summed E-state index contributed by atoms with van der Waals surface area (Å²) in [5, 5.41) is 4.36. The van der Waals surface area contributed by atoms with Crippen molar-refractivity contribution in [3.8, 4) is 0 Å².